The van der Waals surface area contributed by atoms with E-state index < -0.39 is 0 Å². The molecular formula is C24H23NO. The first kappa shape index (κ1) is 16.5. The number of hydrogen-bond donors (Lipinski definition) is 1. The third-order valence-electron chi connectivity index (χ3n) is 5.00. The second kappa shape index (κ2) is 6.72. The standard InChI is InChI=1S/C24H23NO/c1-17(2)23-21(13-8-16-26)22(19-10-4-3-5-11-19)24-20-12-7-6-9-18(20)14-15-25(23)24/h3-12,14-17,26H,13H2,1-2H3. The first-order valence-corrected chi connectivity index (χ1v) is 9.11. The smallest absolute Gasteiger partial charge is 0.0755 e. The van der Waals surface area contributed by atoms with Crippen LogP contribution in [0, 0.1) is 0 Å². The van der Waals surface area contributed by atoms with Crippen molar-refractivity contribution in [3.8, 4) is 11.1 Å². The van der Waals surface area contributed by atoms with Crippen LogP contribution >= 0.6 is 0 Å². The normalized spacial score (nSPS) is 12.0. The molecule has 4 rings (SSSR count). The minimum atomic E-state index is 0.378. The zero-order valence-corrected chi connectivity index (χ0v) is 15.2. The van der Waals surface area contributed by atoms with Crippen molar-refractivity contribution in [1.29, 1.82) is 0 Å². The molecule has 130 valence electrons. The van der Waals surface area contributed by atoms with Gasteiger partial charge in [-0.15, -0.1) is 0 Å². The molecular weight excluding hydrogens is 318 g/mol. The van der Waals surface area contributed by atoms with Crippen molar-refractivity contribution in [2.75, 3.05) is 0 Å². The second-order valence-electron chi connectivity index (χ2n) is 6.97. The summed E-state index contributed by atoms with van der Waals surface area (Å²) in [5.74, 6) is 0.378. The number of aliphatic hydroxyl groups excluding tert-OH is 1. The molecule has 0 fully saturated rings. The topological polar surface area (TPSA) is 24.6 Å². The molecule has 0 unspecified atom stereocenters. The third kappa shape index (κ3) is 2.59. The summed E-state index contributed by atoms with van der Waals surface area (Å²) >= 11 is 0. The summed E-state index contributed by atoms with van der Waals surface area (Å²) in [4.78, 5) is 0. The Labute approximate surface area is 154 Å². The maximum absolute atomic E-state index is 9.28. The van der Waals surface area contributed by atoms with Crippen LogP contribution in [0.1, 0.15) is 31.0 Å². The fourth-order valence-corrected chi connectivity index (χ4v) is 4.01. The highest BCUT2D eigenvalue weighted by molar-refractivity contribution is 6.05. The van der Waals surface area contributed by atoms with E-state index in [9.17, 15) is 5.11 Å². The Kier molecular flexibility index (Phi) is 4.26. The molecule has 0 radical (unpaired) electrons. The van der Waals surface area contributed by atoms with Crippen LogP contribution in [0.3, 0.4) is 0 Å². The summed E-state index contributed by atoms with van der Waals surface area (Å²) < 4.78 is 2.34. The lowest BCUT2D eigenvalue weighted by atomic mass is 9.94. The number of pyridine rings is 1. The number of nitrogens with zero attached hydrogens (tertiary/aromatic N) is 1. The number of rotatable bonds is 4. The Morgan fingerprint density at radius 3 is 2.42 bits per heavy atom. The first-order valence-electron chi connectivity index (χ1n) is 9.11. The van der Waals surface area contributed by atoms with Crippen LogP contribution in [0.25, 0.3) is 27.4 Å². The number of benzene rings is 2. The van der Waals surface area contributed by atoms with E-state index in [1.54, 1.807) is 0 Å². The van der Waals surface area contributed by atoms with Crippen LogP contribution < -0.4 is 0 Å². The quantitative estimate of drug-likeness (QED) is 0.421. The number of fused-ring (bicyclic) bond motifs is 3. The van der Waals surface area contributed by atoms with Crippen molar-refractivity contribution in [3.05, 3.63) is 90.5 Å². The van der Waals surface area contributed by atoms with E-state index in [0.717, 1.165) is 6.26 Å². The van der Waals surface area contributed by atoms with E-state index in [-0.39, 0.29) is 0 Å². The Morgan fingerprint density at radius 1 is 0.962 bits per heavy atom. The Bertz CT molecular complexity index is 1090. The minimum Gasteiger partial charge on any atom is -0.516 e. The number of aromatic nitrogens is 1. The van der Waals surface area contributed by atoms with Gasteiger partial charge in [-0.25, -0.2) is 0 Å². The van der Waals surface area contributed by atoms with Gasteiger partial charge >= 0.3 is 0 Å². The van der Waals surface area contributed by atoms with Gasteiger partial charge in [-0.2, -0.15) is 0 Å². The number of allylic oxidation sites excluding steroid dienone is 1. The van der Waals surface area contributed by atoms with Crippen LogP contribution in [-0.4, -0.2) is 9.51 Å². The highest BCUT2D eigenvalue weighted by atomic mass is 16.2. The van der Waals surface area contributed by atoms with E-state index >= 15 is 0 Å². The molecule has 0 atom stereocenters. The SMILES string of the molecule is CC(C)c1c(CC=CO)c(-c2ccccc2)c2c3ccccc3ccn12. The highest BCUT2D eigenvalue weighted by Gasteiger charge is 2.22. The molecule has 0 aliphatic rings. The summed E-state index contributed by atoms with van der Waals surface area (Å²) in [6.45, 7) is 4.47. The van der Waals surface area contributed by atoms with E-state index in [1.807, 2.05) is 6.08 Å². The van der Waals surface area contributed by atoms with Gasteiger partial charge in [0.05, 0.1) is 11.8 Å². The highest BCUT2D eigenvalue weighted by Crippen LogP contribution is 2.40. The van der Waals surface area contributed by atoms with Crippen molar-refractivity contribution in [2.24, 2.45) is 0 Å². The van der Waals surface area contributed by atoms with Crippen molar-refractivity contribution in [3.63, 3.8) is 0 Å². The van der Waals surface area contributed by atoms with E-state index in [0.29, 0.717) is 12.3 Å². The molecule has 2 heterocycles. The van der Waals surface area contributed by atoms with Crippen molar-refractivity contribution < 1.29 is 5.11 Å². The molecule has 0 saturated carbocycles. The summed E-state index contributed by atoms with van der Waals surface area (Å²) in [5.41, 5.74) is 6.33. The summed E-state index contributed by atoms with van der Waals surface area (Å²) in [6.07, 6.45) is 5.88. The zero-order valence-electron chi connectivity index (χ0n) is 15.2. The molecule has 0 aliphatic carbocycles. The van der Waals surface area contributed by atoms with Gasteiger partial charge in [0.1, 0.15) is 0 Å². The summed E-state index contributed by atoms with van der Waals surface area (Å²) in [6, 6.07) is 21.3. The van der Waals surface area contributed by atoms with Crippen LogP contribution in [0.4, 0.5) is 0 Å². The van der Waals surface area contributed by atoms with Crippen molar-refractivity contribution in [1.82, 2.24) is 4.40 Å². The fraction of sp³-hybridized carbons (Fsp3) is 0.167. The number of hydrogen-bond acceptors (Lipinski definition) is 1. The molecule has 2 aromatic carbocycles. The summed E-state index contributed by atoms with van der Waals surface area (Å²) in [5, 5.41) is 11.8. The maximum atomic E-state index is 9.28. The number of aliphatic hydroxyl groups is 1. The fourth-order valence-electron chi connectivity index (χ4n) is 4.01. The van der Waals surface area contributed by atoms with Crippen LogP contribution in [0.2, 0.25) is 0 Å². The Morgan fingerprint density at radius 2 is 1.69 bits per heavy atom. The molecule has 0 spiro atoms. The largest absolute Gasteiger partial charge is 0.516 e. The van der Waals surface area contributed by atoms with Crippen molar-refractivity contribution in [2.45, 2.75) is 26.2 Å². The van der Waals surface area contributed by atoms with E-state index in [1.165, 1.54) is 38.7 Å². The van der Waals surface area contributed by atoms with Gasteiger partial charge in [0.25, 0.3) is 0 Å². The van der Waals surface area contributed by atoms with E-state index in [4.69, 9.17) is 0 Å². The predicted molar refractivity (Wildman–Crippen MR) is 110 cm³/mol. The van der Waals surface area contributed by atoms with Gasteiger partial charge in [-0.1, -0.05) is 68.4 Å². The Hall–Kier alpha value is -3.00. The molecule has 0 amide bonds. The summed E-state index contributed by atoms with van der Waals surface area (Å²) in [7, 11) is 0. The van der Waals surface area contributed by atoms with Crippen LogP contribution in [0.15, 0.2) is 79.2 Å². The molecule has 26 heavy (non-hydrogen) atoms. The monoisotopic (exact) mass is 341 g/mol. The van der Waals surface area contributed by atoms with Gasteiger partial charge in [-0.05, 0) is 41.0 Å². The van der Waals surface area contributed by atoms with Gasteiger partial charge in [0.2, 0.25) is 0 Å². The van der Waals surface area contributed by atoms with Crippen LogP contribution in [-0.2, 0) is 6.42 Å². The molecule has 2 heteroatoms. The lowest BCUT2D eigenvalue weighted by Gasteiger charge is -2.10. The Balaban J connectivity index is 2.21. The second-order valence-corrected chi connectivity index (χ2v) is 6.97. The molecule has 2 aromatic heterocycles. The predicted octanol–water partition coefficient (Wildman–Crippen LogP) is 6.50. The van der Waals surface area contributed by atoms with Gasteiger partial charge < -0.3 is 9.51 Å². The molecule has 4 aromatic rings. The first-order chi connectivity index (χ1) is 12.7. The lowest BCUT2D eigenvalue weighted by molar-refractivity contribution is 0.471. The van der Waals surface area contributed by atoms with E-state index in [2.05, 4.69) is 85.1 Å². The van der Waals surface area contributed by atoms with Gasteiger partial charge in [0, 0.05) is 22.8 Å². The van der Waals surface area contributed by atoms with Crippen molar-refractivity contribution >= 4 is 16.3 Å². The molecule has 2 nitrogen and oxygen atoms in total. The average molecular weight is 341 g/mol. The molecule has 1 N–H and O–H groups in total. The van der Waals surface area contributed by atoms with Crippen LogP contribution in [0.5, 0.6) is 0 Å². The maximum Gasteiger partial charge on any atom is 0.0755 e. The zero-order chi connectivity index (χ0) is 18.1. The molecule has 0 aliphatic heterocycles. The van der Waals surface area contributed by atoms with Gasteiger partial charge in [0.15, 0.2) is 0 Å². The van der Waals surface area contributed by atoms with Gasteiger partial charge in [-0.3, -0.25) is 0 Å². The third-order valence-corrected chi connectivity index (χ3v) is 5.00. The molecule has 0 bridgehead atoms. The molecule has 0 saturated heterocycles. The lowest BCUT2D eigenvalue weighted by Crippen LogP contribution is -1.98. The minimum absolute atomic E-state index is 0.378. The average Bonchev–Trinajstić information content (AvgIpc) is 3.01.